The second-order valence-corrected chi connectivity index (χ2v) is 6.50. The van der Waals surface area contributed by atoms with E-state index in [1.54, 1.807) is 6.20 Å². The van der Waals surface area contributed by atoms with E-state index in [4.69, 9.17) is 23.2 Å². The van der Waals surface area contributed by atoms with Crippen LogP contribution in [-0.4, -0.2) is 27.7 Å². The molecule has 110 valence electrons. The van der Waals surface area contributed by atoms with Crippen molar-refractivity contribution in [3.05, 3.63) is 48.2 Å². The summed E-state index contributed by atoms with van der Waals surface area (Å²) in [5.41, 5.74) is 2.51. The number of aromatic amines is 1. The number of aromatic nitrogens is 1. The molecular formula is C16H16Cl2N2O. The number of hydrogen-bond donors (Lipinski definition) is 2. The van der Waals surface area contributed by atoms with E-state index in [9.17, 15) is 4.79 Å². The molecule has 1 heterocycles. The molecule has 0 bridgehead atoms. The van der Waals surface area contributed by atoms with Gasteiger partial charge >= 0.3 is 0 Å². The van der Waals surface area contributed by atoms with Crippen LogP contribution >= 0.6 is 23.2 Å². The van der Waals surface area contributed by atoms with Gasteiger partial charge in [-0.3, -0.25) is 4.79 Å². The van der Waals surface area contributed by atoms with Crippen molar-refractivity contribution in [2.45, 2.75) is 29.6 Å². The number of halogens is 2. The van der Waals surface area contributed by atoms with Gasteiger partial charge in [-0.2, -0.15) is 0 Å². The van der Waals surface area contributed by atoms with Crippen molar-refractivity contribution in [1.29, 1.82) is 0 Å². The number of para-hydroxylation sites is 1. The highest BCUT2D eigenvalue weighted by molar-refractivity contribution is 6.24. The summed E-state index contributed by atoms with van der Waals surface area (Å²) in [5, 5.41) is 3.61. The molecule has 0 saturated heterocycles. The molecule has 2 aromatic rings. The maximum Gasteiger partial charge on any atom is 0.253 e. The topological polar surface area (TPSA) is 44.9 Å². The van der Waals surface area contributed by atoms with Gasteiger partial charge in [0.05, 0.1) is 16.3 Å². The Balaban J connectivity index is 1.78. The van der Waals surface area contributed by atoms with Crippen LogP contribution in [0.4, 0.5) is 0 Å². The van der Waals surface area contributed by atoms with Crippen LogP contribution in [0.5, 0.6) is 0 Å². The fraction of sp³-hybridized carbons (Fsp3) is 0.312. The Morgan fingerprint density at radius 1 is 1.33 bits per heavy atom. The summed E-state index contributed by atoms with van der Waals surface area (Å²) in [5.74, 6) is -0.125. The molecule has 1 aliphatic carbocycles. The highest BCUT2D eigenvalue weighted by atomic mass is 35.5. The predicted octanol–water partition coefficient (Wildman–Crippen LogP) is 3.83. The van der Waals surface area contributed by atoms with Crippen LogP contribution in [0.25, 0.3) is 10.9 Å². The van der Waals surface area contributed by atoms with Crippen LogP contribution in [-0.2, 0) is 0 Å². The molecule has 3 rings (SSSR count). The lowest BCUT2D eigenvalue weighted by atomic mass is 9.90. The number of rotatable bonds is 2. The molecule has 21 heavy (non-hydrogen) atoms. The molecule has 3 atom stereocenters. The van der Waals surface area contributed by atoms with Gasteiger partial charge in [-0.1, -0.05) is 30.4 Å². The van der Waals surface area contributed by atoms with Crippen LogP contribution in [0.2, 0.25) is 0 Å². The fourth-order valence-corrected chi connectivity index (χ4v) is 3.36. The second kappa shape index (κ2) is 5.74. The molecule has 5 heteroatoms. The maximum absolute atomic E-state index is 12.5. The van der Waals surface area contributed by atoms with Crippen molar-refractivity contribution >= 4 is 40.0 Å². The van der Waals surface area contributed by atoms with Crippen molar-refractivity contribution in [3.63, 3.8) is 0 Å². The van der Waals surface area contributed by atoms with Gasteiger partial charge in [-0.15, -0.1) is 23.2 Å². The second-order valence-electron chi connectivity index (χ2n) is 5.41. The number of hydrogen-bond acceptors (Lipinski definition) is 1. The molecule has 1 aromatic heterocycles. The fourth-order valence-electron chi connectivity index (χ4n) is 2.71. The smallest absolute Gasteiger partial charge is 0.253 e. The van der Waals surface area contributed by atoms with Crippen molar-refractivity contribution in [3.8, 4) is 0 Å². The lowest BCUT2D eigenvalue weighted by Crippen LogP contribution is -2.45. The molecule has 3 unspecified atom stereocenters. The molecule has 1 aliphatic rings. The number of nitrogens with one attached hydrogen (secondary N) is 2. The van der Waals surface area contributed by atoms with Gasteiger partial charge in [0.15, 0.2) is 0 Å². The van der Waals surface area contributed by atoms with Crippen LogP contribution in [0.3, 0.4) is 0 Å². The average molecular weight is 323 g/mol. The van der Waals surface area contributed by atoms with E-state index in [2.05, 4.69) is 16.9 Å². The standard InChI is InChI=1S/C16H16Cl2N2O/c1-9-6-13(18)15(7-12(9)17)20-16(21)11-8-19-14-5-3-2-4-10(11)14/h2-5,8,12-13,15,19H,1,6-7H2,(H,20,21). The third kappa shape index (κ3) is 2.81. The van der Waals surface area contributed by atoms with Crippen LogP contribution in [0.1, 0.15) is 23.2 Å². The minimum absolute atomic E-state index is 0.125. The molecule has 0 aliphatic heterocycles. The van der Waals surface area contributed by atoms with Crippen molar-refractivity contribution in [2.24, 2.45) is 0 Å². The Labute approximate surface area is 133 Å². The molecule has 0 spiro atoms. The maximum atomic E-state index is 12.5. The lowest BCUT2D eigenvalue weighted by Gasteiger charge is -2.32. The molecule has 0 radical (unpaired) electrons. The summed E-state index contributed by atoms with van der Waals surface area (Å²) in [6, 6.07) is 7.57. The summed E-state index contributed by atoms with van der Waals surface area (Å²) in [7, 11) is 0. The quantitative estimate of drug-likeness (QED) is 0.640. The first-order valence-corrected chi connectivity index (χ1v) is 7.76. The van der Waals surface area contributed by atoms with Gasteiger partial charge in [0.1, 0.15) is 0 Å². The Kier molecular flexibility index (Phi) is 3.96. The number of carbonyl (C=O) groups is 1. The minimum atomic E-state index is -0.165. The Hall–Kier alpha value is -1.45. The van der Waals surface area contributed by atoms with E-state index in [0.717, 1.165) is 16.5 Å². The summed E-state index contributed by atoms with van der Waals surface area (Å²) < 4.78 is 0. The monoisotopic (exact) mass is 322 g/mol. The van der Waals surface area contributed by atoms with Crippen molar-refractivity contribution in [1.82, 2.24) is 10.3 Å². The van der Waals surface area contributed by atoms with Gasteiger partial charge in [0.2, 0.25) is 0 Å². The van der Waals surface area contributed by atoms with Gasteiger partial charge in [0, 0.05) is 23.1 Å². The van der Waals surface area contributed by atoms with E-state index in [0.29, 0.717) is 18.4 Å². The van der Waals surface area contributed by atoms with E-state index < -0.39 is 0 Å². The van der Waals surface area contributed by atoms with Gasteiger partial charge < -0.3 is 10.3 Å². The molecule has 3 nitrogen and oxygen atoms in total. The molecule has 1 saturated carbocycles. The number of carbonyl (C=O) groups excluding carboxylic acids is 1. The predicted molar refractivity (Wildman–Crippen MR) is 87.2 cm³/mol. The third-order valence-electron chi connectivity index (χ3n) is 3.95. The van der Waals surface area contributed by atoms with Gasteiger partial charge in [-0.05, 0) is 18.9 Å². The molecule has 1 amide bonds. The summed E-state index contributed by atoms with van der Waals surface area (Å²) in [6.45, 7) is 3.92. The number of H-pyrrole nitrogens is 1. The highest BCUT2D eigenvalue weighted by Gasteiger charge is 2.32. The van der Waals surface area contributed by atoms with Crippen LogP contribution in [0.15, 0.2) is 42.6 Å². The number of allylic oxidation sites excluding steroid dienone is 1. The zero-order chi connectivity index (χ0) is 15.0. The molecule has 1 aromatic carbocycles. The summed E-state index contributed by atoms with van der Waals surface area (Å²) in [6.07, 6.45) is 2.97. The average Bonchev–Trinajstić information content (AvgIpc) is 2.88. The van der Waals surface area contributed by atoms with Crippen LogP contribution < -0.4 is 5.32 Å². The first-order chi connectivity index (χ1) is 10.1. The van der Waals surface area contributed by atoms with E-state index in [-0.39, 0.29) is 22.7 Å². The minimum Gasteiger partial charge on any atom is -0.360 e. The number of alkyl halides is 2. The number of amides is 1. The third-order valence-corrected chi connectivity index (χ3v) is 4.89. The Morgan fingerprint density at radius 2 is 2.10 bits per heavy atom. The first-order valence-electron chi connectivity index (χ1n) is 6.89. The summed E-state index contributed by atoms with van der Waals surface area (Å²) >= 11 is 12.5. The zero-order valence-electron chi connectivity index (χ0n) is 11.4. The highest BCUT2D eigenvalue weighted by Crippen LogP contribution is 2.31. The number of fused-ring (bicyclic) bond motifs is 1. The largest absolute Gasteiger partial charge is 0.360 e. The van der Waals surface area contributed by atoms with Gasteiger partial charge in [-0.25, -0.2) is 0 Å². The number of benzene rings is 1. The Bertz CT molecular complexity index is 694. The summed E-state index contributed by atoms with van der Waals surface area (Å²) in [4.78, 5) is 15.6. The van der Waals surface area contributed by atoms with Crippen LogP contribution in [0, 0.1) is 0 Å². The first kappa shape index (κ1) is 14.5. The molecular weight excluding hydrogens is 307 g/mol. The van der Waals surface area contributed by atoms with E-state index >= 15 is 0 Å². The zero-order valence-corrected chi connectivity index (χ0v) is 12.9. The normalized spacial score (nSPS) is 26.0. The lowest BCUT2D eigenvalue weighted by molar-refractivity contribution is 0.0933. The molecule has 1 fully saturated rings. The van der Waals surface area contributed by atoms with Gasteiger partial charge in [0.25, 0.3) is 5.91 Å². The SMILES string of the molecule is C=C1CC(Cl)C(NC(=O)c2c[nH]c3ccccc23)CC1Cl. The van der Waals surface area contributed by atoms with E-state index in [1.807, 2.05) is 24.3 Å². The molecule has 2 N–H and O–H groups in total. The van der Waals surface area contributed by atoms with Crippen molar-refractivity contribution < 1.29 is 4.79 Å². The Morgan fingerprint density at radius 3 is 2.90 bits per heavy atom. The van der Waals surface area contributed by atoms with E-state index in [1.165, 1.54) is 0 Å². The van der Waals surface area contributed by atoms with Crippen molar-refractivity contribution in [2.75, 3.05) is 0 Å².